The summed E-state index contributed by atoms with van der Waals surface area (Å²) in [6.45, 7) is 8.26. The molecule has 3 rings (SSSR count). The molecule has 2 aromatic rings. The molecule has 0 fully saturated rings. The first-order chi connectivity index (χ1) is 9.70. The molecule has 0 aromatic carbocycles. The lowest BCUT2D eigenvalue weighted by molar-refractivity contribution is 0.746. The van der Waals surface area contributed by atoms with Crippen LogP contribution >= 0.6 is 0 Å². The van der Waals surface area contributed by atoms with Gasteiger partial charge in [-0.05, 0) is 24.0 Å². The molecule has 4 heteroatoms. The fourth-order valence-electron chi connectivity index (χ4n) is 2.72. The minimum Gasteiger partial charge on any atom is -0.307 e. The molecule has 1 aliphatic heterocycles. The van der Waals surface area contributed by atoms with Gasteiger partial charge in [0.1, 0.15) is 0 Å². The van der Waals surface area contributed by atoms with E-state index < -0.39 is 0 Å². The maximum Gasteiger partial charge on any atom is 0.160 e. The summed E-state index contributed by atoms with van der Waals surface area (Å²) >= 11 is 0. The highest BCUT2D eigenvalue weighted by Crippen LogP contribution is 2.28. The zero-order valence-corrected chi connectivity index (χ0v) is 12.3. The molecule has 1 aliphatic rings. The van der Waals surface area contributed by atoms with Gasteiger partial charge in [0.15, 0.2) is 5.82 Å². The van der Waals surface area contributed by atoms with Crippen LogP contribution in [0.3, 0.4) is 0 Å². The van der Waals surface area contributed by atoms with Crippen LogP contribution in [-0.4, -0.2) is 15.0 Å². The van der Waals surface area contributed by atoms with Crippen molar-refractivity contribution in [2.45, 2.75) is 46.2 Å². The van der Waals surface area contributed by atoms with Crippen LogP contribution in [0.2, 0.25) is 0 Å². The Morgan fingerprint density at radius 2 is 2.10 bits per heavy atom. The van der Waals surface area contributed by atoms with E-state index in [1.165, 1.54) is 16.8 Å². The summed E-state index contributed by atoms with van der Waals surface area (Å²) < 4.78 is 0. The van der Waals surface area contributed by atoms with E-state index in [1.54, 1.807) is 0 Å². The van der Waals surface area contributed by atoms with Crippen molar-refractivity contribution >= 4 is 0 Å². The van der Waals surface area contributed by atoms with Gasteiger partial charge in [-0.1, -0.05) is 20.8 Å². The summed E-state index contributed by atoms with van der Waals surface area (Å²) in [5.74, 6) is 1.26. The van der Waals surface area contributed by atoms with Gasteiger partial charge in [-0.2, -0.15) is 0 Å². The molecule has 0 unspecified atom stereocenters. The Kier molecular flexibility index (Phi) is 3.49. The number of nitrogens with zero attached hydrogens (tertiary/aromatic N) is 3. The van der Waals surface area contributed by atoms with Gasteiger partial charge in [0.05, 0.1) is 11.4 Å². The number of hydrogen-bond donors (Lipinski definition) is 1. The lowest BCUT2D eigenvalue weighted by Gasteiger charge is -2.13. The van der Waals surface area contributed by atoms with Crippen LogP contribution in [0.5, 0.6) is 0 Å². The van der Waals surface area contributed by atoms with Crippen molar-refractivity contribution in [2.24, 2.45) is 0 Å². The third kappa shape index (κ3) is 2.20. The molecule has 0 radical (unpaired) electrons. The second kappa shape index (κ2) is 5.29. The van der Waals surface area contributed by atoms with Crippen molar-refractivity contribution in [3.8, 4) is 11.4 Å². The molecule has 0 spiro atoms. The molecule has 20 heavy (non-hydrogen) atoms. The zero-order valence-electron chi connectivity index (χ0n) is 12.3. The first-order valence-corrected chi connectivity index (χ1v) is 7.24. The quantitative estimate of drug-likeness (QED) is 0.930. The molecule has 2 aromatic heterocycles. The van der Waals surface area contributed by atoms with Crippen molar-refractivity contribution in [3.63, 3.8) is 0 Å². The summed E-state index contributed by atoms with van der Waals surface area (Å²) in [4.78, 5) is 13.8. The number of rotatable bonds is 3. The van der Waals surface area contributed by atoms with Gasteiger partial charge < -0.3 is 5.32 Å². The Labute approximate surface area is 119 Å². The largest absolute Gasteiger partial charge is 0.307 e. The van der Waals surface area contributed by atoms with E-state index in [2.05, 4.69) is 31.1 Å². The van der Waals surface area contributed by atoms with Crippen LogP contribution in [0.25, 0.3) is 11.4 Å². The molecule has 0 saturated heterocycles. The van der Waals surface area contributed by atoms with E-state index in [-0.39, 0.29) is 0 Å². The Hall–Kier alpha value is -1.81. The van der Waals surface area contributed by atoms with Crippen LogP contribution in [0.1, 0.15) is 49.2 Å². The van der Waals surface area contributed by atoms with E-state index in [0.29, 0.717) is 5.92 Å². The smallest absolute Gasteiger partial charge is 0.160 e. The third-order valence-corrected chi connectivity index (χ3v) is 3.79. The van der Waals surface area contributed by atoms with Gasteiger partial charge >= 0.3 is 0 Å². The second-order valence-corrected chi connectivity index (χ2v) is 5.50. The van der Waals surface area contributed by atoms with E-state index >= 15 is 0 Å². The van der Waals surface area contributed by atoms with Crippen LogP contribution in [0.4, 0.5) is 0 Å². The molecular weight excluding hydrogens is 248 g/mol. The summed E-state index contributed by atoms with van der Waals surface area (Å²) in [5.41, 5.74) is 5.93. The normalized spacial score (nSPS) is 13.8. The number of aromatic nitrogens is 3. The minimum atomic E-state index is 0.414. The van der Waals surface area contributed by atoms with Crippen molar-refractivity contribution in [1.82, 2.24) is 20.3 Å². The molecular formula is C16H20N4. The predicted octanol–water partition coefficient (Wildman–Crippen LogP) is 2.83. The number of nitrogens with one attached hydrogen (secondary N) is 1. The molecule has 0 amide bonds. The Morgan fingerprint density at radius 1 is 1.25 bits per heavy atom. The Morgan fingerprint density at radius 3 is 2.85 bits per heavy atom. The van der Waals surface area contributed by atoms with E-state index in [9.17, 15) is 0 Å². The SMILES string of the molecule is CCc1cnccc1-c1nc2c(c(C(C)C)n1)CNC2. The monoisotopic (exact) mass is 268 g/mol. The highest BCUT2D eigenvalue weighted by Gasteiger charge is 2.21. The summed E-state index contributed by atoms with van der Waals surface area (Å²) in [5, 5.41) is 3.38. The number of pyridine rings is 1. The van der Waals surface area contributed by atoms with E-state index in [0.717, 1.165) is 36.6 Å². The van der Waals surface area contributed by atoms with Crippen LogP contribution in [0.15, 0.2) is 18.5 Å². The topological polar surface area (TPSA) is 50.7 Å². The fraction of sp³-hybridized carbons (Fsp3) is 0.438. The number of aryl methyl sites for hydroxylation is 1. The van der Waals surface area contributed by atoms with Gasteiger partial charge in [0, 0.05) is 36.6 Å². The molecule has 3 heterocycles. The molecule has 0 bridgehead atoms. The van der Waals surface area contributed by atoms with Gasteiger partial charge in [-0.3, -0.25) is 4.98 Å². The first kappa shape index (κ1) is 13.2. The van der Waals surface area contributed by atoms with Gasteiger partial charge in [-0.15, -0.1) is 0 Å². The summed E-state index contributed by atoms with van der Waals surface area (Å²) in [6.07, 6.45) is 4.68. The van der Waals surface area contributed by atoms with E-state index in [4.69, 9.17) is 9.97 Å². The molecule has 0 atom stereocenters. The van der Waals surface area contributed by atoms with Crippen molar-refractivity contribution in [1.29, 1.82) is 0 Å². The third-order valence-electron chi connectivity index (χ3n) is 3.79. The summed E-state index contributed by atoms with van der Waals surface area (Å²) in [7, 11) is 0. The van der Waals surface area contributed by atoms with E-state index in [1.807, 2.05) is 18.5 Å². The number of fused-ring (bicyclic) bond motifs is 1. The lowest BCUT2D eigenvalue weighted by atomic mass is 10.0. The molecule has 0 saturated carbocycles. The Bertz CT molecular complexity index is 634. The molecule has 104 valence electrons. The lowest BCUT2D eigenvalue weighted by Crippen LogP contribution is -2.06. The number of hydrogen-bond acceptors (Lipinski definition) is 4. The predicted molar refractivity (Wildman–Crippen MR) is 79.3 cm³/mol. The van der Waals surface area contributed by atoms with Crippen LogP contribution < -0.4 is 5.32 Å². The van der Waals surface area contributed by atoms with Crippen molar-refractivity contribution < 1.29 is 0 Å². The van der Waals surface area contributed by atoms with Crippen molar-refractivity contribution in [3.05, 3.63) is 41.0 Å². The standard InChI is InChI=1S/C16H20N4/c1-4-11-7-17-6-5-12(11)16-19-14-9-18-8-13(14)15(20-16)10(2)3/h5-7,10,18H,4,8-9H2,1-3H3. The van der Waals surface area contributed by atoms with Crippen LogP contribution in [0, 0.1) is 0 Å². The first-order valence-electron chi connectivity index (χ1n) is 7.24. The minimum absolute atomic E-state index is 0.414. The van der Waals surface area contributed by atoms with Gasteiger partial charge in [0.25, 0.3) is 0 Å². The Balaban J connectivity index is 2.17. The van der Waals surface area contributed by atoms with Crippen molar-refractivity contribution in [2.75, 3.05) is 0 Å². The average molecular weight is 268 g/mol. The molecule has 4 nitrogen and oxygen atoms in total. The zero-order chi connectivity index (χ0) is 14.1. The second-order valence-electron chi connectivity index (χ2n) is 5.50. The highest BCUT2D eigenvalue weighted by molar-refractivity contribution is 5.60. The fourth-order valence-corrected chi connectivity index (χ4v) is 2.72. The average Bonchev–Trinajstić information content (AvgIpc) is 2.94. The molecule has 1 N–H and O–H groups in total. The van der Waals surface area contributed by atoms with Gasteiger partial charge in [0.2, 0.25) is 0 Å². The van der Waals surface area contributed by atoms with Crippen LogP contribution in [-0.2, 0) is 19.5 Å². The van der Waals surface area contributed by atoms with Gasteiger partial charge in [-0.25, -0.2) is 9.97 Å². The molecule has 0 aliphatic carbocycles. The highest BCUT2D eigenvalue weighted by atomic mass is 15.0. The maximum atomic E-state index is 4.84. The summed E-state index contributed by atoms with van der Waals surface area (Å²) in [6, 6.07) is 2.02. The maximum absolute atomic E-state index is 4.84.